The lowest BCUT2D eigenvalue weighted by atomic mass is 10.0. The lowest BCUT2D eigenvalue weighted by molar-refractivity contribution is 0.0869. The molecule has 2 aromatic rings. The molecule has 2 saturated heterocycles. The molecule has 6 nitrogen and oxygen atoms in total. The minimum atomic E-state index is 0.202. The van der Waals surface area contributed by atoms with Crippen molar-refractivity contribution in [3.8, 4) is 0 Å². The molecule has 6 heteroatoms. The fourth-order valence-corrected chi connectivity index (χ4v) is 4.60. The van der Waals surface area contributed by atoms with Gasteiger partial charge in [-0.05, 0) is 38.1 Å². The zero-order valence-corrected chi connectivity index (χ0v) is 20.7. The highest BCUT2D eigenvalue weighted by Crippen LogP contribution is 2.13. The summed E-state index contributed by atoms with van der Waals surface area (Å²) in [6.45, 7) is 8.95. The van der Waals surface area contributed by atoms with E-state index in [9.17, 15) is 9.59 Å². The average molecular weight is 463 g/mol. The molecule has 0 unspecified atom stereocenters. The van der Waals surface area contributed by atoms with Crippen molar-refractivity contribution < 1.29 is 9.59 Å². The number of hydrogen-bond acceptors (Lipinski definition) is 6. The van der Waals surface area contributed by atoms with Gasteiger partial charge in [-0.2, -0.15) is 0 Å². The first-order chi connectivity index (χ1) is 16.5. The molecule has 34 heavy (non-hydrogen) atoms. The van der Waals surface area contributed by atoms with Crippen molar-refractivity contribution in [1.29, 1.82) is 0 Å². The molecule has 0 spiro atoms. The highest BCUT2D eigenvalue weighted by Gasteiger charge is 2.18. The van der Waals surface area contributed by atoms with E-state index in [1.807, 2.05) is 24.3 Å². The van der Waals surface area contributed by atoms with Gasteiger partial charge in [-0.15, -0.1) is 0 Å². The summed E-state index contributed by atoms with van der Waals surface area (Å²) in [5.41, 5.74) is 4.05. The largest absolute Gasteiger partial charge is 0.304 e. The average Bonchev–Trinajstić information content (AvgIpc) is 2.86. The summed E-state index contributed by atoms with van der Waals surface area (Å²) in [5, 5.41) is 0. The van der Waals surface area contributed by atoms with E-state index in [-0.39, 0.29) is 11.6 Å². The normalized spacial score (nSPS) is 18.8. The summed E-state index contributed by atoms with van der Waals surface area (Å²) >= 11 is 0. The van der Waals surface area contributed by atoms with Crippen LogP contribution in [0.4, 0.5) is 0 Å². The number of rotatable bonds is 9. The first-order valence-electron chi connectivity index (χ1n) is 12.5. The van der Waals surface area contributed by atoms with Crippen molar-refractivity contribution in [2.75, 3.05) is 79.5 Å². The topological polar surface area (TPSA) is 47.1 Å². The van der Waals surface area contributed by atoms with Crippen LogP contribution in [0.2, 0.25) is 0 Å². The molecule has 0 N–H and O–H groups in total. The van der Waals surface area contributed by atoms with E-state index in [1.165, 1.54) is 11.1 Å². The summed E-state index contributed by atoms with van der Waals surface area (Å²) in [6.07, 6.45) is 1.84. The number of nitrogens with zero attached hydrogens (tertiary/aromatic N) is 4. The van der Waals surface area contributed by atoms with Gasteiger partial charge in [0, 0.05) is 63.5 Å². The molecule has 2 aliphatic rings. The van der Waals surface area contributed by atoms with Gasteiger partial charge >= 0.3 is 0 Å². The zero-order chi connectivity index (χ0) is 23.9. The maximum Gasteiger partial charge on any atom is 0.176 e. The smallest absolute Gasteiger partial charge is 0.176 e. The fraction of sp³-hybridized carbons (Fsp3) is 0.500. The molecule has 2 aliphatic heterocycles. The minimum Gasteiger partial charge on any atom is -0.304 e. The van der Waals surface area contributed by atoms with E-state index in [4.69, 9.17) is 0 Å². The second-order valence-electron chi connectivity index (χ2n) is 9.90. The summed E-state index contributed by atoms with van der Waals surface area (Å²) in [5.74, 6) is 0.404. The maximum atomic E-state index is 12.6. The molecule has 2 heterocycles. The fourth-order valence-electron chi connectivity index (χ4n) is 4.60. The highest BCUT2D eigenvalue weighted by molar-refractivity contribution is 5.98. The Morgan fingerprint density at radius 1 is 0.559 bits per heavy atom. The van der Waals surface area contributed by atoms with E-state index in [1.54, 1.807) is 0 Å². The monoisotopic (exact) mass is 462 g/mol. The molecule has 0 radical (unpaired) electrons. The lowest BCUT2D eigenvalue weighted by Gasteiger charge is -2.31. The number of benzene rings is 2. The van der Waals surface area contributed by atoms with Crippen LogP contribution in [0.25, 0.3) is 0 Å². The van der Waals surface area contributed by atoms with Gasteiger partial charge in [0.15, 0.2) is 11.6 Å². The van der Waals surface area contributed by atoms with Crippen molar-refractivity contribution in [2.45, 2.75) is 12.8 Å². The third-order valence-electron chi connectivity index (χ3n) is 7.18. The molecular formula is C28H38N4O2. The van der Waals surface area contributed by atoms with Crippen molar-refractivity contribution >= 4 is 11.6 Å². The molecule has 0 amide bonds. The van der Waals surface area contributed by atoms with E-state index in [2.05, 4.69) is 58.0 Å². The van der Waals surface area contributed by atoms with Crippen molar-refractivity contribution in [1.82, 2.24) is 19.6 Å². The predicted octanol–water partition coefficient (Wildman–Crippen LogP) is 2.33. The van der Waals surface area contributed by atoms with Gasteiger partial charge in [0.05, 0.1) is 13.1 Å². The molecule has 2 fully saturated rings. The van der Waals surface area contributed by atoms with Crippen LogP contribution in [0.5, 0.6) is 0 Å². The van der Waals surface area contributed by atoms with Gasteiger partial charge in [0.2, 0.25) is 0 Å². The molecule has 2 aromatic carbocycles. The van der Waals surface area contributed by atoms with E-state index in [0.717, 1.165) is 76.3 Å². The van der Waals surface area contributed by atoms with Crippen LogP contribution in [-0.2, 0) is 12.8 Å². The van der Waals surface area contributed by atoms with Gasteiger partial charge in [-0.3, -0.25) is 19.4 Å². The third kappa shape index (κ3) is 7.06. The number of likely N-dealkylation sites (N-methyl/N-ethyl adjacent to an activating group) is 2. The first kappa shape index (κ1) is 24.7. The van der Waals surface area contributed by atoms with Crippen LogP contribution in [-0.4, -0.2) is 111 Å². The molecule has 4 rings (SSSR count). The van der Waals surface area contributed by atoms with Gasteiger partial charge < -0.3 is 9.80 Å². The summed E-state index contributed by atoms with van der Waals surface area (Å²) in [6, 6.07) is 16.2. The predicted molar refractivity (Wildman–Crippen MR) is 137 cm³/mol. The second-order valence-corrected chi connectivity index (χ2v) is 9.90. The molecule has 0 aromatic heterocycles. The molecule has 0 bridgehead atoms. The third-order valence-corrected chi connectivity index (χ3v) is 7.18. The van der Waals surface area contributed by atoms with E-state index >= 15 is 0 Å². The number of aryl methyl sites for hydroxylation is 2. The second kappa shape index (κ2) is 11.8. The minimum absolute atomic E-state index is 0.202. The maximum absolute atomic E-state index is 12.6. The number of hydrogen-bond donors (Lipinski definition) is 0. The molecule has 0 saturated carbocycles. The summed E-state index contributed by atoms with van der Waals surface area (Å²) < 4.78 is 0. The van der Waals surface area contributed by atoms with Crippen LogP contribution < -0.4 is 0 Å². The Morgan fingerprint density at radius 2 is 0.882 bits per heavy atom. The zero-order valence-electron chi connectivity index (χ0n) is 20.7. The number of Topliss-reactive ketones (excluding diaryl/α,β-unsaturated/α-hetero) is 2. The van der Waals surface area contributed by atoms with Gasteiger partial charge in [0.25, 0.3) is 0 Å². The number of piperazine rings is 2. The van der Waals surface area contributed by atoms with E-state index in [0.29, 0.717) is 13.1 Å². The Kier molecular flexibility index (Phi) is 8.62. The Bertz CT molecular complexity index is 862. The molecule has 0 atom stereocenters. The van der Waals surface area contributed by atoms with Crippen molar-refractivity contribution in [3.05, 3.63) is 70.8 Å². The van der Waals surface area contributed by atoms with Crippen LogP contribution >= 0.6 is 0 Å². The first-order valence-corrected chi connectivity index (χ1v) is 12.5. The van der Waals surface area contributed by atoms with Crippen LogP contribution in [0, 0.1) is 0 Å². The standard InChI is InChI=1S/C28H38N4O2/c1-29-13-17-31(18-14-29)21-27(33)25-9-5-23(6-10-25)3-4-24-7-11-26(12-8-24)28(34)22-32-19-15-30(2)16-20-32/h5-12H,3-4,13-22H2,1-2H3. The van der Waals surface area contributed by atoms with Gasteiger partial charge in [0.1, 0.15) is 0 Å². The van der Waals surface area contributed by atoms with Crippen LogP contribution in [0.1, 0.15) is 31.8 Å². The van der Waals surface area contributed by atoms with Crippen LogP contribution in [0.15, 0.2) is 48.5 Å². The summed E-state index contributed by atoms with van der Waals surface area (Å²) in [7, 11) is 4.25. The van der Waals surface area contributed by atoms with Gasteiger partial charge in [-0.1, -0.05) is 48.5 Å². The number of carbonyl (C=O) groups is 2. The molecule has 182 valence electrons. The highest BCUT2D eigenvalue weighted by atomic mass is 16.1. The Balaban J connectivity index is 1.22. The van der Waals surface area contributed by atoms with Gasteiger partial charge in [-0.25, -0.2) is 0 Å². The Hall–Kier alpha value is -2.38. The van der Waals surface area contributed by atoms with Crippen LogP contribution in [0.3, 0.4) is 0 Å². The number of carbonyl (C=O) groups excluding carboxylic acids is 2. The summed E-state index contributed by atoms with van der Waals surface area (Å²) in [4.78, 5) is 34.3. The number of ketones is 2. The lowest BCUT2D eigenvalue weighted by Crippen LogP contribution is -2.46. The van der Waals surface area contributed by atoms with Crippen molar-refractivity contribution in [3.63, 3.8) is 0 Å². The SMILES string of the molecule is CN1CCN(CC(=O)c2ccc(CCc3ccc(C(=O)CN4CCN(C)CC4)cc3)cc2)CC1. The molecule has 0 aliphatic carbocycles. The quantitative estimate of drug-likeness (QED) is 0.533. The van der Waals surface area contributed by atoms with E-state index < -0.39 is 0 Å². The molecular weight excluding hydrogens is 424 g/mol. The van der Waals surface area contributed by atoms with Crippen molar-refractivity contribution in [2.24, 2.45) is 0 Å². The Morgan fingerprint density at radius 3 is 1.21 bits per heavy atom. The Labute approximate surface area is 204 Å².